The maximum Gasteiger partial charge on any atom is 0.264 e. The van der Waals surface area contributed by atoms with E-state index < -0.39 is 17.3 Å². The predicted molar refractivity (Wildman–Crippen MR) is 112 cm³/mol. The van der Waals surface area contributed by atoms with Gasteiger partial charge in [-0.3, -0.25) is 14.2 Å². The number of halogens is 2. The van der Waals surface area contributed by atoms with Gasteiger partial charge in [-0.25, -0.2) is 19.3 Å². The SMILES string of the molecule is Cc1ccc(-c2ncc3c(=O)n(CC(=O)Nc4cccc(Cl)c4F)cnc3n2)cc1. The summed E-state index contributed by atoms with van der Waals surface area (Å²) < 4.78 is 15.1. The maximum absolute atomic E-state index is 13.9. The van der Waals surface area contributed by atoms with Gasteiger partial charge in [-0.15, -0.1) is 0 Å². The van der Waals surface area contributed by atoms with Crippen LogP contribution in [0.5, 0.6) is 0 Å². The Kier molecular flexibility index (Phi) is 5.24. The molecule has 0 bridgehead atoms. The van der Waals surface area contributed by atoms with E-state index in [1.54, 1.807) is 0 Å². The van der Waals surface area contributed by atoms with Crippen LogP contribution < -0.4 is 10.9 Å². The number of rotatable bonds is 4. The summed E-state index contributed by atoms with van der Waals surface area (Å²) in [6.07, 6.45) is 2.61. The van der Waals surface area contributed by atoms with Crippen LogP contribution >= 0.6 is 11.6 Å². The van der Waals surface area contributed by atoms with Crippen LogP contribution in [-0.2, 0) is 11.3 Å². The van der Waals surface area contributed by atoms with Gasteiger partial charge in [0.25, 0.3) is 5.56 Å². The molecule has 7 nitrogen and oxygen atoms in total. The van der Waals surface area contributed by atoms with E-state index in [4.69, 9.17) is 11.6 Å². The fraction of sp³-hybridized carbons (Fsp3) is 0.0952. The van der Waals surface area contributed by atoms with Gasteiger partial charge in [0.2, 0.25) is 5.91 Å². The highest BCUT2D eigenvalue weighted by Gasteiger charge is 2.13. The Morgan fingerprint density at radius 3 is 2.70 bits per heavy atom. The molecule has 150 valence electrons. The van der Waals surface area contributed by atoms with Gasteiger partial charge in [0.15, 0.2) is 17.3 Å². The molecular weight excluding hydrogens is 409 g/mol. The first-order valence-electron chi connectivity index (χ1n) is 8.95. The minimum atomic E-state index is -0.742. The maximum atomic E-state index is 13.9. The second-order valence-electron chi connectivity index (χ2n) is 6.62. The van der Waals surface area contributed by atoms with Crippen LogP contribution in [0.1, 0.15) is 5.56 Å². The van der Waals surface area contributed by atoms with E-state index in [9.17, 15) is 14.0 Å². The van der Waals surface area contributed by atoms with Crippen molar-refractivity contribution in [1.29, 1.82) is 0 Å². The number of hydrogen-bond acceptors (Lipinski definition) is 5. The molecule has 0 aliphatic carbocycles. The third-order valence-corrected chi connectivity index (χ3v) is 4.72. The standard InChI is InChI=1S/C21H15ClFN5O2/c1-12-5-7-13(8-6-12)19-24-9-14-20(27-19)25-11-28(21(14)30)10-17(29)26-16-4-2-3-15(22)18(16)23/h2-9,11H,10H2,1H3,(H,26,29). The molecule has 4 rings (SSSR count). The van der Waals surface area contributed by atoms with Crippen molar-refractivity contribution < 1.29 is 9.18 Å². The van der Waals surface area contributed by atoms with Gasteiger partial charge in [0.1, 0.15) is 18.3 Å². The van der Waals surface area contributed by atoms with Crippen LogP contribution in [-0.4, -0.2) is 25.4 Å². The molecule has 1 amide bonds. The van der Waals surface area contributed by atoms with Crippen molar-refractivity contribution in [3.05, 3.63) is 81.7 Å². The molecule has 0 atom stereocenters. The Labute approximate surface area is 175 Å². The van der Waals surface area contributed by atoms with E-state index in [2.05, 4.69) is 20.3 Å². The highest BCUT2D eigenvalue weighted by molar-refractivity contribution is 6.31. The van der Waals surface area contributed by atoms with Crippen LogP contribution in [0.25, 0.3) is 22.4 Å². The van der Waals surface area contributed by atoms with Gasteiger partial charge in [-0.1, -0.05) is 47.5 Å². The fourth-order valence-corrected chi connectivity index (χ4v) is 3.03. The summed E-state index contributed by atoms with van der Waals surface area (Å²) in [5, 5.41) is 2.46. The molecule has 0 saturated heterocycles. The van der Waals surface area contributed by atoms with Crippen molar-refractivity contribution in [2.45, 2.75) is 13.5 Å². The second kappa shape index (κ2) is 8.00. The third kappa shape index (κ3) is 3.90. The quantitative estimate of drug-likeness (QED) is 0.541. The monoisotopic (exact) mass is 423 g/mol. The average Bonchev–Trinajstić information content (AvgIpc) is 2.74. The first kappa shape index (κ1) is 19.7. The average molecular weight is 424 g/mol. The zero-order valence-corrected chi connectivity index (χ0v) is 16.5. The Hall–Kier alpha value is -3.65. The van der Waals surface area contributed by atoms with Crippen LogP contribution in [0.2, 0.25) is 5.02 Å². The van der Waals surface area contributed by atoms with Crippen molar-refractivity contribution in [3.63, 3.8) is 0 Å². The highest BCUT2D eigenvalue weighted by Crippen LogP contribution is 2.22. The van der Waals surface area contributed by atoms with E-state index in [0.29, 0.717) is 5.82 Å². The molecule has 0 fully saturated rings. The first-order valence-corrected chi connectivity index (χ1v) is 9.33. The van der Waals surface area contributed by atoms with Crippen molar-refractivity contribution >= 4 is 34.2 Å². The lowest BCUT2D eigenvalue weighted by Gasteiger charge is -2.09. The Morgan fingerprint density at radius 2 is 1.93 bits per heavy atom. The Bertz CT molecular complexity index is 1320. The normalized spacial score (nSPS) is 10.9. The van der Waals surface area contributed by atoms with E-state index in [-0.39, 0.29) is 28.3 Å². The Morgan fingerprint density at radius 1 is 1.17 bits per heavy atom. The summed E-state index contributed by atoms with van der Waals surface area (Å²) in [6, 6.07) is 11.9. The van der Waals surface area contributed by atoms with E-state index in [1.165, 1.54) is 30.7 Å². The number of aromatic nitrogens is 4. The molecule has 1 N–H and O–H groups in total. The number of nitrogens with one attached hydrogen (secondary N) is 1. The van der Waals surface area contributed by atoms with Crippen LogP contribution in [0.4, 0.5) is 10.1 Å². The number of anilines is 1. The lowest BCUT2D eigenvalue weighted by molar-refractivity contribution is -0.116. The van der Waals surface area contributed by atoms with Gasteiger partial charge in [-0.05, 0) is 19.1 Å². The molecule has 9 heteroatoms. The van der Waals surface area contributed by atoms with Gasteiger partial charge in [-0.2, -0.15) is 0 Å². The van der Waals surface area contributed by atoms with Crippen LogP contribution in [0, 0.1) is 12.7 Å². The summed E-state index contributed by atoms with van der Waals surface area (Å²) in [6.45, 7) is 1.62. The molecule has 2 aromatic heterocycles. The molecule has 2 heterocycles. The number of aryl methyl sites for hydroxylation is 1. The predicted octanol–water partition coefficient (Wildman–Crippen LogP) is 3.59. The second-order valence-corrected chi connectivity index (χ2v) is 7.03. The molecule has 2 aromatic carbocycles. The molecular formula is C21H15ClFN5O2. The fourth-order valence-electron chi connectivity index (χ4n) is 2.85. The van der Waals surface area contributed by atoms with E-state index in [1.807, 2.05) is 31.2 Å². The largest absolute Gasteiger partial charge is 0.322 e. The molecule has 30 heavy (non-hydrogen) atoms. The number of nitrogens with zero attached hydrogens (tertiary/aromatic N) is 4. The number of hydrogen-bond donors (Lipinski definition) is 1. The summed E-state index contributed by atoms with van der Waals surface area (Å²) in [4.78, 5) is 37.7. The minimum Gasteiger partial charge on any atom is -0.322 e. The molecule has 0 saturated carbocycles. The molecule has 0 spiro atoms. The molecule has 0 radical (unpaired) electrons. The van der Waals surface area contributed by atoms with Gasteiger partial charge >= 0.3 is 0 Å². The highest BCUT2D eigenvalue weighted by atomic mass is 35.5. The number of benzene rings is 2. The number of carbonyl (C=O) groups is 1. The van der Waals surface area contributed by atoms with E-state index in [0.717, 1.165) is 15.7 Å². The number of fused-ring (bicyclic) bond motifs is 1. The summed E-state index contributed by atoms with van der Waals surface area (Å²) in [7, 11) is 0. The number of carbonyl (C=O) groups excluding carboxylic acids is 1. The van der Waals surface area contributed by atoms with Gasteiger partial charge < -0.3 is 5.32 Å². The van der Waals surface area contributed by atoms with Crippen molar-refractivity contribution in [3.8, 4) is 11.4 Å². The van der Waals surface area contributed by atoms with E-state index >= 15 is 0 Å². The topological polar surface area (TPSA) is 89.8 Å². The molecule has 4 aromatic rings. The zero-order chi connectivity index (χ0) is 21.3. The smallest absolute Gasteiger partial charge is 0.264 e. The van der Waals surface area contributed by atoms with Gasteiger partial charge in [0.05, 0.1) is 10.7 Å². The van der Waals surface area contributed by atoms with Gasteiger partial charge in [0, 0.05) is 11.8 Å². The zero-order valence-electron chi connectivity index (χ0n) is 15.8. The van der Waals surface area contributed by atoms with Crippen LogP contribution in [0.3, 0.4) is 0 Å². The third-order valence-electron chi connectivity index (χ3n) is 4.43. The van der Waals surface area contributed by atoms with Crippen molar-refractivity contribution in [2.24, 2.45) is 0 Å². The Balaban J connectivity index is 1.59. The van der Waals surface area contributed by atoms with Crippen molar-refractivity contribution in [1.82, 2.24) is 19.5 Å². The molecule has 0 unspecified atom stereocenters. The lowest BCUT2D eigenvalue weighted by Crippen LogP contribution is -2.28. The molecule has 0 aliphatic rings. The summed E-state index contributed by atoms with van der Waals surface area (Å²) in [5.74, 6) is -0.897. The number of amides is 1. The van der Waals surface area contributed by atoms with Crippen LogP contribution in [0.15, 0.2) is 59.8 Å². The summed E-state index contributed by atoms with van der Waals surface area (Å²) in [5.41, 5.74) is 1.59. The molecule has 0 aliphatic heterocycles. The first-order chi connectivity index (χ1) is 14.4. The summed E-state index contributed by atoms with van der Waals surface area (Å²) >= 11 is 5.71. The lowest BCUT2D eigenvalue weighted by atomic mass is 10.1. The minimum absolute atomic E-state index is 0.0691. The van der Waals surface area contributed by atoms with Crippen molar-refractivity contribution in [2.75, 3.05) is 5.32 Å².